The van der Waals surface area contributed by atoms with E-state index in [0.717, 1.165) is 11.1 Å². The monoisotopic (exact) mass is 383 g/mol. The first-order chi connectivity index (χ1) is 13.0. The summed E-state index contributed by atoms with van der Waals surface area (Å²) in [5, 5.41) is 8.97. The number of nitrogens with zero attached hydrogens (tertiary/aromatic N) is 4. The number of carbonyl (C=O) groups is 1. The average molecular weight is 383 g/mol. The lowest BCUT2D eigenvalue weighted by Gasteiger charge is -2.11. The van der Waals surface area contributed by atoms with Gasteiger partial charge in [0, 0.05) is 25.4 Å². The van der Waals surface area contributed by atoms with Crippen molar-refractivity contribution in [1.29, 1.82) is 0 Å². The molecule has 27 heavy (non-hydrogen) atoms. The summed E-state index contributed by atoms with van der Waals surface area (Å²) in [6.07, 6.45) is 0. The Morgan fingerprint density at radius 2 is 1.96 bits per heavy atom. The fourth-order valence-corrected chi connectivity index (χ4v) is 3.39. The predicted molar refractivity (Wildman–Crippen MR) is 106 cm³/mol. The largest absolute Gasteiger partial charge is 0.496 e. The summed E-state index contributed by atoms with van der Waals surface area (Å²) in [5.74, 6) is 8.01. The number of para-hydroxylation sites is 1. The van der Waals surface area contributed by atoms with Gasteiger partial charge in [-0.2, -0.15) is 0 Å². The van der Waals surface area contributed by atoms with Crippen LogP contribution in [0.25, 0.3) is 11.4 Å². The van der Waals surface area contributed by atoms with Crippen molar-refractivity contribution < 1.29 is 9.53 Å². The first-order valence-corrected chi connectivity index (χ1v) is 9.27. The van der Waals surface area contributed by atoms with E-state index in [9.17, 15) is 4.79 Å². The average Bonchev–Trinajstić information content (AvgIpc) is 3.06. The fourth-order valence-electron chi connectivity index (χ4n) is 2.59. The number of thioether (sulfide) groups is 1. The van der Waals surface area contributed by atoms with Crippen LogP contribution >= 0.6 is 11.8 Å². The van der Waals surface area contributed by atoms with Crippen LogP contribution in [0.1, 0.15) is 15.9 Å². The molecule has 2 N–H and O–H groups in total. The molecule has 1 heterocycles. The Morgan fingerprint density at radius 3 is 2.70 bits per heavy atom. The quantitative estimate of drug-likeness (QED) is 0.520. The zero-order valence-corrected chi connectivity index (χ0v) is 16.2. The van der Waals surface area contributed by atoms with Gasteiger partial charge in [-0.1, -0.05) is 36.0 Å². The summed E-state index contributed by atoms with van der Waals surface area (Å²) in [6, 6.07) is 15.1. The van der Waals surface area contributed by atoms with Gasteiger partial charge in [-0.3, -0.25) is 4.79 Å². The van der Waals surface area contributed by atoms with Crippen LogP contribution in [0.3, 0.4) is 0 Å². The maximum atomic E-state index is 12.1. The molecule has 0 fully saturated rings. The SMILES string of the molecule is COc1ccccc1-c1nnc(SCc2cccc(C(=O)N(C)C)c2)n1N. The number of hydrogen-bond donors (Lipinski definition) is 1. The molecular formula is C19H21N5O2S. The van der Waals surface area contributed by atoms with Crippen LogP contribution in [-0.2, 0) is 5.75 Å². The molecular weight excluding hydrogens is 362 g/mol. The highest BCUT2D eigenvalue weighted by atomic mass is 32.2. The molecule has 3 rings (SSSR count). The Morgan fingerprint density at radius 1 is 1.19 bits per heavy atom. The van der Waals surface area contributed by atoms with Gasteiger partial charge in [0.1, 0.15) is 5.75 Å². The van der Waals surface area contributed by atoms with E-state index in [2.05, 4.69) is 10.2 Å². The van der Waals surface area contributed by atoms with Crippen LogP contribution < -0.4 is 10.6 Å². The van der Waals surface area contributed by atoms with Crippen molar-refractivity contribution in [3.63, 3.8) is 0 Å². The normalized spacial score (nSPS) is 10.6. The highest BCUT2D eigenvalue weighted by molar-refractivity contribution is 7.98. The van der Waals surface area contributed by atoms with Crippen LogP contribution in [0.4, 0.5) is 0 Å². The highest BCUT2D eigenvalue weighted by Crippen LogP contribution is 2.30. The molecule has 3 aromatic rings. The minimum Gasteiger partial charge on any atom is -0.496 e. The Kier molecular flexibility index (Phi) is 5.66. The van der Waals surface area contributed by atoms with E-state index in [1.54, 1.807) is 26.1 Å². The maximum Gasteiger partial charge on any atom is 0.253 e. The lowest BCUT2D eigenvalue weighted by molar-refractivity contribution is 0.0827. The minimum atomic E-state index is -0.0256. The standard InChI is InChI=1S/C19H21N5O2S/c1-23(2)18(25)14-8-6-7-13(11-14)12-27-19-22-21-17(24(19)20)15-9-4-5-10-16(15)26-3/h4-11H,12,20H2,1-3H3. The lowest BCUT2D eigenvalue weighted by Crippen LogP contribution is -2.21. The maximum absolute atomic E-state index is 12.1. The number of amides is 1. The molecule has 0 radical (unpaired) electrons. The van der Waals surface area contributed by atoms with E-state index in [4.69, 9.17) is 10.6 Å². The second-order valence-corrected chi connectivity index (χ2v) is 7.01. The van der Waals surface area contributed by atoms with E-state index in [1.807, 2.05) is 48.5 Å². The molecule has 2 aromatic carbocycles. The molecule has 0 aliphatic carbocycles. The summed E-state index contributed by atoms with van der Waals surface area (Å²) in [7, 11) is 5.08. The Balaban J connectivity index is 1.78. The van der Waals surface area contributed by atoms with Gasteiger partial charge in [-0.25, -0.2) is 4.68 Å². The summed E-state index contributed by atoms with van der Waals surface area (Å²) < 4.78 is 6.82. The lowest BCUT2D eigenvalue weighted by atomic mass is 10.1. The third kappa shape index (κ3) is 4.06. The molecule has 7 nitrogen and oxygen atoms in total. The number of nitrogens with two attached hydrogens (primary N) is 1. The molecule has 140 valence electrons. The third-order valence-electron chi connectivity index (χ3n) is 3.96. The van der Waals surface area contributed by atoms with E-state index in [0.29, 0.717) is 28.0 Å². The zero-order valence-electron chi connectivity index (χ0n) is 15.4. The minimum absolute atomic E-state index is 0.0256. The topological polar surface area (TPSA) is 86.3 Å². The molecule has 0 aliphatic heterocycles. The first kappa shape index (κ1) is 18.8. The fraction of sp³-hybridized carbons (Fsp3) is 0.211. The summed E-state index contributed by atoms with van der Waals surface area (Å²) in [5.41, 5.74) is 2.44. The van der Waals surface area contributed by atoms with E-state index < -0.39 is 0 Å². The van der Waals surface area contributed by atoms with Gasteiger partial charge in [0.15, 0.2) is 5.82 Å². The van der Waals surface area contributed by atoms with Gasteiger partial charge in [0.2, 0.25) is 5.16 Å². The number of hydrogen-bond acceptors (Lipinski definition) is 6. The highest BCUT2D eigenvalue weighted by Gasteiger charge is 2.16. The molecule has 0 aliphatic rings. The van der Waals surface area contributed by atoms with Crippen LogP contribution in [-0.4, -0.2) is 46.9 Å². The molecule has 8 heteroatoms. The molecule has 0 bridgehead atoms. The van der Waals surface area contributed by atoms with Crippen LogP contribution in [0.2, 0.25) is 0 Å². The van der Waals surface area contributed by atoms with E-state index in [1.165, 1.54) is 16.4 Å². The number of ether oxygens (including phenoxy) is 1. The van der Waals surface area contributed by atoms with Gasteiger partial charge < -0.3 is 15.5 Å². The van der Waals surface area contributed by atoms with Crippen LogP contribution in [0.15, 0.2) is 53.7 Å². The summed E-state index contributed by atoms with van der Waals surface area (Å²) in [4.78, 5) is 13.7. The van der Waals surface area contributed by atoms with Gasteiger partial charge >= 0.3 is 0 Å². The van der Waals surface area contributed by atoms with Crippen LogP contribution in [0.5, 0.6) is 5.75 Å². The molecule has 0 saturated carbocycles. The molecule has 0 spiro atoms. The summed E-state index contributed by atoms with van der Waals surface area (Å²) >= 11 is 1.46. The molecule has 1 aromatic heterocycles. The number of aromatic nitrogens is 3. The molecule has 0 atom stereocenters. The van der Waals surface area contributed by atoms with Crippen molar-refractivity contribution in [2.45, 2.75) is 10.9 Å². The number of benzene rings is 2. The van der Waals surface area contributed by atoms with Crippen LogP contribution in [0, 0.1) is 0 Å². The Bertz CT molecular complexity index is 955. The van der Waals surface area contributed by atoms with Crippen molar-refractivity contribution in [3.05, 3.63) is 59.7 Å². The molecule has 0 saturated heterocycles. The molecule has 0 unspecified atom stereocenters. The third-order valence-corrected chi connectivity index (χ3v) is 4.97. The van der Waals surface area contributed by atoms with Gasteiger partial charge in [-0.05, 0) is 29.8 Å². The zero-order chi connectivity index (χ0) is 19.4. The Labute approximate surface area is 162 Å². The van der Waals surface area contributed by atoms with E-state index in [-0.39, 0.29) is 5.91 Å². The van der Waals surface area contributed by atoms with Crippen molar-refractivity contribution in [2.24, 2.45) is 0 Å². The number of methoxy groups -OCH3 is 1. The van der Waals surface area contributed by atoms with Crippen molar-refractivity contribution in [3.8, 4) is 17.1 Å². The second kappa shape index (κ2) is 8.13. The first-order valence-electron chi connectivity index (χ1n) is 8.28. The van der Waals surface area contributed by atoms with Gasteiger partial charge in [0.05, 0.1) is 12.7 Å². The summed E-state index contributed by atoms with van der Waals surface area (Å²) in [6.45, 7) is 0. The van der Waals surface area contributed by atoms with Crippen molar-refractivity contribution in [2.75, 3.05) is 27.0 Å². The van der Waals surface area contributed by atoms with Crippen molar-refractivity contribution >= 4 is 17.7 Å². The smallest absolute Gasteiger partial charge is 0.253 e. The second-order valence-electron chi connectivity index (χ2n) is 6.07. The number of rotatable bonds is 6. The Hall–Kier alpha value is -3.00. The number of nitrogen functional groups attached to an aromatic ring is 1. The van der Waals surface area contributed by atoms with Gasteiger partial charge in [0.25, 0.3) is 5.91 Å². The van der Waals surface area contributed by atoms with E-state index >= 15 is 0 Å². The molecule has 1 amide bonds. The number of carbonyl (C=O) groups excluding carboxylic acids is 1. The van der Waals surface area contributed by atoms with Gasteiger partial charge in [-0.15, -0.1) is 10.2 Å². The predicted octanol–water partition coefficient (Wildman–Crippen LogP) is 2.66. The van der Waals surface area contributed by atoms with Crippen molar-refractivity contribution in [1.82, 2.24) is 19.8 Å².